The van der Waals surface area contributed by atoms with Crippen molar-refractivity contribution in [1.82, 2.24) is 34.9 Å². The van der Waals surface area contributed by atoms with E-state index in [9.17, 15) is 0 Å². The van der Waals surface area contributed by atoms with Crippen LogP contribution in [0, 0.1) is 0 Å². The molecule has 0 unspecified atom stereocenters. The molecule has 3 aromatic rings. The van der Waals surface area contributed by atoms with Crippen LogP contribution < -0.4 is 20.1 Å². The van der Waals surface area contributed by atoms with Gasteiger partial charge in [0.1, 0.15) is 11.6 Å². The highest BCUT2D eigenvalue weighted by Gasteiger charge is 2.09. The molecule has 3 aromatic heterocycles. The first-order valence-corrected chi connectivity index (χ1v) is 7.73. The lowest BCUT2D eigenvalue weighted by Crippen LogP contribution is -2.05. The van der Waals surface area contributed by atoms with E-state index in [-0.39, 0.29) is 34.5 Å². The number of ether oxygens (including phenoxy) is 2. The topological polar surface area (TPSA) is 133 Å². The van der Waals surface area contributed by atoms with Gasteiger partial charge in [0.25, 0.3) is 0 Å². The Hall–Kier alpha value is -3.05. The van der Waals surface area contributed by atoms with Crippen molar-refractivity contribution < 1.29 is 9.47 Å². The number of methoxy groups -OCH3 is 2. The SMILES string of the molecule is COc1nc(Cl)nc(Nc2cccc(Nc3nc(Cl)nc(OC)n3)n2)n1. The fraction of sp³-hybridized carbons (Fsp3) is 0.154. The quantitative estimate of drug-likeness (QED) is 0.636. The summed E-state index contributed by atoms with van der Waals surface area (Å²) in [4.78, 5) is 27.9. The molecule has 0 spiro atoms. The maximum absolute atomic E-state index is 5.82. The first-order valence-electron chi connectivity index (χ1n) is 6.98. The zero-order chi connectivity index (χ0) is 18.5. The summed E-state index contributed by atoms with van der Waals surface area (Å²) in [6, 6.07) is 5.31. The Morgan fingerprint density at radius 2 is 1.15 bits per heavy atom. The third kappa shape index (κ3) is 4.52. The van der Waals surface area contributed by atoms with E-state index in [1.807, 2.05) is 0 Å². The lowest BCUT2D eigenvalue weighted by molar-refractivity contribution is 0.379. The summed E-state index contributed by atoms with van der Waals surface area (Å²) in [5.74, 6) is 1.23. The van der Waals surface area contributed by atoms with Gasteiger partial charge < -0.3 is 20.1 Å². The summed E-state index contributed by atoms with van der Waals surface area (Å²) in [5.41, 5.74) is 0. The highest BCUT2D eigenvalue weighted by molar-refractivity contribution is 6.28. The molecule has 0 aliphatic carbocycles. The summed E-state index contributed by atoms with van der Waals surface area (Å²) in [5, 5.41) is 5.77. The van der Waals surface area contributed by atoms with Crippen molar-refractivity contribution in [2.75, 3.05) is 24.9 Å². The van der Waals surface area contributed by atoms with Crippen molar-refractivity contribution in [2.24, 2.45) is 0 Å². The van der Waals surface area contributed by atoms with E-state index in [2.05, 4.69) is 45.5 Å². The van der Waals surface area contributed by atoms with Gasteiger partial charge in [0.15, 0.2) is 0 Å². The molecule has 0 fully saturated rings. The van der Waals surface area contributed by atoms with E-state index in [0.717, 1.165) is 0 Å². The molecule has 0 saturated carbocycles. The Kier molecular flexibility index (Phi) is 5.39. The Morgan fingerprint density at radius 1 is 0.692 bits per heavy atom. The summed E-state index contributed by atoms with van der Waals surface area (Å²) in [6.45, 7) is 0. The molecule has 0 amide bonds. The molecule has 26 heavy (non-hydrogen) atoms. The second-order valence-corrected chi connectivity index (χ2v) is 5.16. The van der Waals surface area contributed by atoms with Gasteiger partial charge in [-0.3, -0.25) is 0 Å². The zero-order valence-corrected chi connectivity index (χ0v) is 14.9. The third-order valence-corrected chi connectivity index (χ3v) is 3.11. The van der Waals surface area contributed by atoms with Gasteiger partial charge in [-0.25, -0.2) is 4.98 Å². The van der Waals surface area contributed by atoms with Crippen LogP contribution >= 0.6 is 23.2 Å². The standard InChI is InChI=1S/C13H11Cl2N9O2/c1-25-12-21-8(14)19-10(23-12)17-6-4-3-5-7(16-6)18-11-20-9(15)22-13(24-11)26-2/h3-5H,1-2H3,(H2,16,17,18,19,20,21,22,23,24). The predicted molar refractivity (Wildman–Crippen MR) is 93.6 cm³/mol. The number of rotatable bonds is 6. The molecule has 0 bridgehead atoms. The molecule has 3 rings (SSSR count). The molecule has 134 valence electrons. The zero-order valence-electron chi connectivity index (χ0n) is 13.4. The van der Waals surface area contributed by atoms with E-state index in [1.165, 1.54) is 14.2 Å². The Labute approximate surface area is 157 Å². The minimum Gasteiger partial charge on any atom is -0.467 e. The van der Waals surface area contributed by atoms with Gasteiger partial charge in [0.2, 0.25) is 22.5 Å². The van der Waals surface area contributed by atoms with Crippen molar-refractivity contribution in [1.29, 1.82) is 0 Å². The second-order valence-electron chi connectivity index (χ2n) is 4.49. The predicted octanol–water partition coefficient (Wildman–Crippen LogP) is 2.26. The van der Waals surface area contributed by atoms with E-state index in [4.69, 9.17) is 32.7 Å². The van der Waals surface area contributed by atoms with E-state index >= 15 is 0 Å². The smallest absolute Gasteiger partial charge is 0.322 e. The van der Waals surface area contributed by atoms with Crippen LogP contribution in [-0.2, 0) is 0 Å². The second kappa shape index (κ2) is 7.89. The number of anilines is 4. The van der Waals surface area contributed by atoms with Crippen molar-refractivity contribution in [3.05, 3.63) is 28.8 Å². The van der Waals surface area contributed by atoms with Crippen molar-refractivity contribution in [2.45, 2.75) is 0 Å². The molecule has 0 atom stereocenters. The van der Waals surface area contributed by atoms with E-state index in [1.54, 1.807) is 18.2 Å². The maximum Gasteiger partial charge on any atom is 0.322 e. The number of nitrogens with one attached hydrogen (secondary N) is 2. The average Bonchev–Trinajstić information content (AvgIpc) is 2.61. The largest absolute Gasteiger partial charge is 0.467 e. The number of hydrogen-bond donors (Lipinski definition) is 2. The van der Waals surface area contributed by atoms with Crippen LogP contribution in [0.4, 0.5) is 23.5 Å². The van der Waals surface area contributed by atoms with Crippen LogP contribution in [0.25, 0.3) is 0 Å². The van der Waals surface area contributed by atoms with Gasteiger partial charge >= 0.3 is 12.0 Å². The molecule has 0 aliphatic heterocycles. The molecule has 0 radical (unpaired) electrons. The van der Waals surface area contributed by atoms with Crippen molar-refractivity contribution >= 4 is 46.7 Å². The minimum absolute atomic E-state index is 0.0134. The van der Waals surface area contributed by atoms with Gasteiger partial charge in [-0.15, -0.1) is 0 Å². The summed E-state index contributed by atoms with van der Waals surface area (Å²) in [7, 11) is 2.85. The summed E-state index contributed by atoms with van der Waals surface area (Å²) < 4.78 is 9.89. The minimum atomic E-state index is -0.0134. The monoisotopic (exact) mass is 395 g/mol. The van der Waals surface area contributed by atoms with Gasteiger partial charge in [-0.2, -0.15) is 29.9 Å². The summed E-state index contributed by atoms with van der Waals surface area (Å²) >= 11 is 11.6. The van der Waals surface area contributed by atoms with Gasteiger partial charge in [-0.1, -0.05) is 6.07 Å². The molecule has 2 N–H and O–H groups in total. The molecule has 13 heteroatoms. The Bertz CT molecular complexity index is 857. The molecule has 0 aromatic carbocycles. The normalized spacial score (nSPS) is 10.3. The third-order valence-electron chi connectivity index (χ3n) is 2.77. The lowest BCUT2D eigenvalue weighted by atomic mass is 10.4. The van der Waals surface area contributed by atoms with E-state index in [0.29, 0.717) is 11.6 Å². The highest BCUT2D eigenvalue weighted by atomic mass is 35.5. The van der Waals surface area contributed by atoms with Crippen LogP contribution in [0.1, 0.15) is 0 Å². The van der Waals surface area contributed by atoms with Gasteiger partial charge in [-0.05, 0) is 35.3 Å². The molecule has 11 nitrogen and oxygen atoms in total. The van der Waals surface area contributed by atoms with Crippen LogP contribution in [0.5, 0.6) is 12.0 Å². The van der Waals surface area contributed by atoms with Crippen LogP contribution in [-0.4, -0.2) is 49.1 Å². The molecule has 3 heterocycles. The number of aromatic nitrogens is 7. The van der Waals surface area contributed by atoms with Crippen LogP contribution in [0.15, 0.2) is 18.2 Å². The lowest BCUT2D eigenvalue weighted by Gasteiger charge is -2.08. The van der Waals surface area contributed by atoms with Crippen molar-refractivity contribution in [3.8, 4) is 12.0 Å². The highest BCUT2D eigenvalue weighted by Crippen LogP contribution is 2.19. The molecular weight excluding hydrogens is 385 g/mol. The van der Waals surface area contributed by atoms with Crippen LogP contribution in [0.3, 0.4) is 0 Å². The number of pyridine rings is 1. The number of hydrogen-bond acceptors (Lipinski definition) is 11. The fourth-order valence-electron chi connectivity index (χ4n) is 1.76. The molecular formula is C13H11Cl2N9O2. The Balaban J connectivity index is 1.80. The first kappa shape index (κ1) is 17.8. The fourth-order valence-corrected chi connectivity index (χ4v) is 2.07. The Morgan fingerprint density at radius 3 is 1.58 bits per heavy atom. The summed E-state index contributed by atoms with van der Waals surface area (Å²) in [6.07, 6.45) is 0. The maximum atomic E-state index is 5.82. The molecule has 0 aliphatic rings. The molecule has 0 saturated heterocycles. The van der Waals surface area contributed by atoms with Crippen LogP contribution in [0.2, 0.25) is 10.6 Å². The average molecular weight is 396 g/mol. The number of nitrogens with zero attached hydrogens (tertiary/aromatic N) is 7. The van der Waals surface area contributed by atoms with Crippen molar-refractivity contribution in [3.63, 3.8) is 0 Å². The first-order chi connectivity index (χ1) is 12.6. The number of halogens is 2. The van der Waals surface area contributed by atoms with Gasteiger partial charge in [0.05, 0.1) is 14.2 Å². The van der Waals surface area contributed by atoms with E-state index < -0.39 is 0 Å². The van der Waals surface area contributed by atoms with Gasteiger partial charge in [0, 0.05) is 0 Å².